The van der Waals surface area contributed by atoms with Crippen LogP contribution in [0.2, 0.25) is 10.0 Å². The first-order chi connectivity index (χ1) is 15.4. The first-order valence-electron chi connectivity index (χ1n) is 9.19. The van der Waals surface area contributed by atoms with E-state index in [9.17, 15) is 4.79 Å². The van der Waals surface area contributed by atoms with E-state index in [2.05, 4.69) is 42.4 Å². The van der Waals surface area contributed by atoms with E-state index in [-0.39, 0.29) is 19.3 Å². The summed E-state index contributed by atoms with van der Waals surface area (Å²) in [5.74, 6) is 1.39. The Hall–Kier alpha value is -2.26. The highest BCUT2D eigenvalue weighted by molar-refractivity contribution is 9.11. The summed E-state index contributed by atoms with van der Waals surface area (Å²) < 4.78 is 17.9. The largest absolute Gasteiger partial charge is 0.486 e. The molecule has 6 nitrogen and oxygen atoms in total. The van der Waals surface area contributed by atoms with Gasteiger partial charge >= 0.3 is 0 Å². The van der Waals surface area contributed by atoms with E-state index in [1.165, 1.54) is 6.21 Å². The van der Waals surface area contributed by atoms with Crippen molar-refractivity contribution < 1.29 is 19.0 Å². The summed E-state index contributed by atoms with van der Waals surface area (Å²) in [5, 5.41) is 5.13. The number of rotatable bonds is 6. The van der Waals surface area contributed by atoms with Gasteiger partial charge in [0.2, 0.25) is 6.79 Å². The fraction of sp³-hybridized carbons (Fsp3) is 0.0909. The second kappa shape index (κ2) is 10.1. The number of carbonyl (C=O) groups excluding carboxylic acids is 1. The van der Waals surface area contributed by atoms with Crippen molar-refractivity contribution in [3.05, 3.63) is 84.2 Å². The lowest BCUT2D eigenvalue weighted by Gasteiger charge is -2.12. The van der Waals surface area contributed by atoms with E-state index in [0.717, 1.165) is 11.1 Å². The number of halogens is 4. The Morgan fingerprint density at radius 3 is 2.56 bits per heavy atom. The van der Waals surface area contributed by atoms with E-state index in [1.54, 1.807) is 30.3 Å². The van der Waals surface area contributed by atoms with E-state index < -0.39 is 0 Å². The van der Waals surface area contributed by atoms with Crippen LogP contribution >= 0.6 is 55.1 Å². The van der Waals surface area contributed by atoms with Gasteiger partial charge in [-0.1, -0.05) is 29.3 Å². The minimum Gasteiger partial charge on any atom is -0.486 e. The Bertz CT molecular complexity index is 1200. The number of ether oxygens (including phenoxy) is 3. The molecule has 164 valence electrons. The van der Waals surface area contributed by atoms with Gasteiger partial charge in [0.05, 0.1) is 15.2 Å². The van der Waals surface area contributed by atoms with Crippen LogP contribution in [0.5, 0.6) is 17.2 Å². The number of nitrogens with zero attached hydrogens (tertiary/aromatic N) is 1. The third-order valence-corrected chi connectivity index (χ3v) is 6.19. The molecular weight excluding hydrogens is 587 g/mol. The zero-order chi connectivity index (χ0) is 22.7. The molecule has 0 bridgehead atoms. The summed E-state index contributed by atoms with van der Waals surface area (Å²) in [5.41, 5.74) is 4.47. The van der Waals surface area contributed by atoms with E-state index in [4.69, 9.17) is 37.4 Å². The van der Waals surface area contributed by atoms with Crippen molar-refractivity contribution in [3.8, 4) is 17.2 Å². The number of carbonyl (C=O) groups is 1. The second-order valence-corrected chi connectivity index (χ2v) is 9.16. The van der Waals surface area contributed by atoms with Crippen LogP contribution in [-0.4, -0.2) is 18.9 Å². The summed E-state index contributed by atoms with van der Waals surface area (Å²) in [4.78, 5) is 12.3. The molecule has 1 N–H and O–H groups in total. The molecule has 0 saturated heterocycles. The van der Waals surface area contributed by atoms with Gasteiger partial charge in [-0.05, 0) is 79.9 Å². The lowest BCUT2D eigenvalue weighted by atomic mass is 10.2. The fourth-order valence-corrected chi connectivity index (χ4v) is 4.76. The van der Waals surface area contributed by atoms with Gasteiger partial charge in [-0.2, -0.15) is 5.10 Å². The molecule has 0 radical (unpaired) electrons. The molecule has 0 atom stereocenters. The van der Waals surface area contributed by atoms with Crippen LogP contribution in [-0.2, 0) is 6.61 Å². The molecular formula is C22H14Br2Cl2N2O4. The standard InChI is InChI=1S/C22H14Br2Cl2N2O4/c23-16-5-12(6-17(24)21(16)30-10-14-1-3-15(25)8-18(14)26)9-27-28-22(29)13-2-4-19-20(7-13)32-11-31-19/h1-9H,10-11H2,(H,28,29)/b27-9-. The predicted octanol–water partition coefficient (Wildman–Crippen LogP) is 6.59. The predicted molar refractivity (Wildman–Crippen MR) is 130 cm³/mol. The lowest BCUT2D eigenvalue weighted by molar-refractivity contribution is 0.0954. The number of hydrogen-bond acceptors (Lipinski definition) is 5. The van der Waals surface area contributed by atoms with Gasteiger partial charge in [0.1, 0.15) is 12.4 Å². The van der Waals surface area contributed by atoms with E-state index in [0.29, 0.717) is 41.8 Å². The molecule has 1 heterocycles. The second-order valence-electron chi connectivity index (χ2n) is 6.61. The van der Waals surface area contributed by atoms with Crippen LogP contribution < -0.4 is 19.6 Å². The maximum Gasteiger partial charge on any atom is 0.271 e. The van der Waals surface area contributed by atoms with Crippen LogP contribution in [0.15, 0.2) is 62.6 Å². The number of amides is 1. The number of hydrazone groups is 1. The summed E-state index contributed by atoms with van der Waals surface area (Å²) >= 11 is 19.1. The lowest BCUT2D eigenvalue weighted by Crippen LogP contribution is -2.17. The van der Waals surface area contributed by atoms with Crippen molar-refractivity contribution in [1.82, 2.24) is 5.43 Å². The van der Waals surface area contributed by atoms with Crippen molar-refractivity contribution in [1.29, 1.82) is 0 Å². The van der Waals surface area contributed by atoms with E-state index in [1.807, 2.05) is 18.2 Å². The SMILES string of the molecule is O=C(N/N=C\c1cc(Br)c(OCc2ccc(Cl)cc2Cl)c(Br)c1)c1ccc2c(c1)OCO2. The van der Waals surface area contributed by atoms with Gasteiger partial charge in [-0.25, -0.2) is 5.43 Å². The van der Waals surface area contributed by atoms with Gasteiger partial charge in [-0.3, -0.25) is 4.79 Å². The number of hydrogen-bond donors (Lipinski definition) is 1. The molecule has 1 amide bonds. The molecule has 4 rings (SSSR count). The molecule has 0 saturated carbocycles. The van der Waals surface area contributed by atoms with Gasteiger partial charge in [0.25, 0.3) is 5.91 Å². The zero-order valence-electron chi connectivity index (χ0n) is 16.2. The first-order valence-corrected chi connectivity index (χ1v) is 11.5. The van der Waals surface area contributed by atoms with Crippen LogP contribution in [0.4, 0.5) is 0 Å². The van der Waals surface area contributed by atoms with Gasteiger partial charge in [-0.15, -0.1) is 0 Å². The Morgan fingerprint density at radius 1 is 1.06 bits per heavy atom. The topological polar surface area (TPSA) is 69.2 Å². The van der Waals surface area contributed by atoms with Crippen LogP contribution in [0.3, 0.4) is 0 Å². The highest BCUT2D eigenvalue weighted by Crippen LogP contribution is 2.36. The fourth-order valence-electron chi connectivity index (χ4n) is 2.85. The molecule has 3 aromatic rings. The highest BCUT2D eigenvalue weighted by atomic mass is 79.9. The molecule has 10 heteroatoms. The normalized spacial score (nSPS) is 12.2. The zero-order valence-corrected chi connectivity index (χ0v) is 20.9. The Labute approximate surface area is 210 Å². The smallest absolute Gasteiger partial charge is 0.271 e. The quantitative estimate of drug-likeness (QED) is 0.256. The maximum atomic E-state index is 12.3. The highest BCUT2D eigenvalue weighted by Gasteiger charge is 2.16. The molecule has 32 heavy (non-hydrogen) atoms. The molecule has 1 aliphatic rings. The molecule has 0 aromatic heterocycles. The minimum absolute atomic E-state index is 0.148. The molecule has 0 unspecified atom stereocenters. The summed E-state index contributed by atoms with van der Waals surface area (Å²) in [6, 6.07) is 13.8. The maximum absolute atomic E-state index is 12.3. The first kappa shape index (κ1) is 22.9. The van der Waals surface area contributed by atoms with Crippen molar-refractivity contribution in [2.75, 3.05) is 6.79 Å². The molecule has 0 aliphatic carbocycles. The Balaban J connectivity index is 1.40. The molecule has 3 aromatic carbocycles. The molecule has 0 spiro atoms. The number of nitrogens with one attached hydrogen (secondary N) is 1. The Kier molecular flexibility index (Phi) is 7.25. The van der Waals surface area contributed by atoms with Crippen LogP contribution in [0.25, 0.3) is 0 Å². The number of benzene rings is 3. The van der Waals surface area contributed by atoms with Crippen molar-refractivity contribution in [2.24, 2.45) is 5.10 Å². The van der Waals surface area contributed by atoms with Crippen LogP contribution in [0.1, 0.15) is 21.5 Å². The van der Waals surface area contributed by atoms with Crippen molar-refractivity contribution in [2.45, 2.75) is 6.61 Å². The third-order valence-electron chi connectivity index (χ3n) is 4.42. The third kappa shape index (κ3) is 5.38. The molecule has 0 fully saturated rings. The van der Waals surface area contributed by atoms with E-state index >= 15 is 0 Å². The van der Waals surface area contributed by atoms with Gasteiger partial charge in [0.15, 0.2) is 11.5 Å². The van der Waals surface area contributed by atoms with Gasteiger partial charge < -0.3 is 14.2 Å². The van der Waals surface area contributed by atoms with Crippen molar-refractivity contribution in [3.63, 3.8) is 0 Å². The number of fused-ring (bicyclic) bond motifs is 1. The summed E-state index contributed by atoms with van der Waals surface area (Å²) in [6.07, 6.45) is 1.53. The summed E-state index contributed by atoms with van der Waals surface area (Å²) in [6.45, 7) is 0.418. The summed E-state index contributed by atoms with van der Waals surface area (Å²) in [7, 11) is 0. The molecule has 1 aliphatic heterocycles. The van der Waals surface area contributed by atoms with Gasteiger partial charge in [0, 0.05) is 21.2 Å². The monoisotopic (exact) mass is 598 g/mol. The average molecular weight is 601 g/mol. The van der Waals surface area contributed by atoms with Crippen LogP contribution in [0, 0.1) is 0 Å². The average Bonchev–Trinajstić information content (AvgIpc) is 3.22. The minimum atomic E-state index is -0.363. The Morgan fingerprint density at radius 2 is 1.81 bits per heavy atom. The van der Waals surface area contributed by atoms with Crippen molar-refractivity contribution >= 4 is 67.2 Å².